The fourth-order valence-electron chi connectivity index (χ4n) is 2.43. The van der Waals surface area contributed by atoms with Gasteiger partial charge in [0.15, 0.2) is 5.54 Å². The molecule has 1 aliphatic heterocycles. The first kappa shape index (κ1) is 13.8. The standard InChI is InChI=1S/C15H11N5O2/c16-10-15(11-4-6-12(7-5-11)20(21)22)9-14(18-19-15)13-3-1-2-8-17-13/h1-8,14H,9H2. The number of hydrogen-bond acceptors (Lipinski definition) is 6. The molecule has 108 valence electrons. The number of azo groups is 1. The molecule has 2 unspecified atom stereocenters. The Morgan fingerprint density at radius 2 is 2.05 bits per heavy atom. The van der Waals surface area contributed by atoms with Gasteiger partial charge in [-0.15, -0.1) is 0 Å². The maximum atomic E-state index is 10.7. The zero-order valence-electron chi connectivity index (χ0n) is 11.5. The average Bonchev–Trinajstić information content (AvgIpc) is 3.02. The molecule has 0 radical (unpaired) electrons. The van der Waals surface area contributed by atoms with Crippen LogP contribution < -0.4 is 0 Å². The summed E-state index contributed by atoms with van der Waals surface area (Å²) in [6.45, 7) is 0. The van der Waals surface area contributed by atoms with Gasteiger partial charge < -0.3 is 0 Å². The molecule has 1 aromatic heterocycles. The van der Waals surface area contributed by atoms with Gasteiger partial charge in [-0.05, 0) is 29.8 Å². The van der Waals surface area contributed by atoms with Gasteiger partial charge in [-0.2, -0.15) is 15.5 Å². The number of nitro benzene ring substituents is 1. The number of hydrogen-bond donors (Lipinski definition) is 0. The Hall–Kier alpha value is -3.14. The van der Waals surface area contributed by atoms with Crippen LogP contribution in [0.2, 0.25) is 0 Å². The van der Waals surface area contributed by atoms with Crippen LogP contribution in [-0.4, -0.2) is 9.91 Å². The van der Waals surface area contributed by atoms with E-state index in [2.05, 4.69) is 21.3 Å². The summed E-state index contributed by atoms with van der Waals surface area (Å²) in [5.74, 6) is 0. The smallest absolute Gasteiger partial charge is 0.259 e. The van der Waals surface area contributed by atoms with Crippen molar-refractivity contribution in [1.29, 1.82) is 5.26 Å². The monoisotopic (exact) mass is 293 g/mol. The molecule has 22 heavy (non-hydrogen) atoms. The van der Waals surface area contributed by atoms with Crippen LogP contribution in [0.1, 0.15) is 23.7 Å². The number of pyridine rings is 1. The van der Waals surface area contributed by atoms with E-state index < -0.39 is 10.5 Å². The van der Waals surface area contributed by atoms with Gasteiger partial charge in [0.05, 0.1) is 16.7 Å². The van der Waals surface area contributed by atoms with Gasteiger partial charge in [0.1, 0.15) is 6.04 Å². The van der Waals surface area contributed by atoms with Gasteiger partial charge in [0.25, 0.3) is 5.69 Å². The Bertz CT molecular complexity index is 767. The third-order valence-corrected chi connectivity index (χ3v) is 3.63. The summed E-state index contributed by atoms with van der Waals surface area (Å²) in [6.07, 6.45) is 2.04. The number of benzene rings is 1. The number of nitro groups is 1. The van der Waals surface area contributed by atoms with Crippen molar-refractivity contribution in [1.82, 2.24) is 4.98 Å². The third-order valence-electron chi connectivity index (χ3n) is 3.63. The van der Waals surface area contributed by atoms with E-state index in [-0.39, 0.29) is 11.7 Å². The molecule has 0 N–H and O–H groups in total. The molecule has 0 fully saturated rings. The molecule has 0 saturated heterocycles. The van der Waals surface area contributed by atoms with Gasteiger partial charge in [-0.3, -0.25) is 15.1 Å². The van der Waals surface area contributed by atoms with Crippen molar-refractivity contribution in [2.24, 2.45) is 10.2 Å². The molecule has 0 amide bonds. The van der Waals surface area contributed by atoms with Crippen LogP contribution in [0.5, 0.6) is 0 Å². The van der Waals surface area contributed by atoms with Crippen LogP contribution >= 0.6 is 0 Å². The van der Waals surface area contributed by atoms with Gasteiger partial charge in [-0.25, -0.2) is 0 Å². The Morgan fingerprint density at radius 1 is 1.27 bits per heavy atom. The van der Waals surface area contributed by atoms with Crippen LogP contribution in [0.15, 0.2) is 58.9 Å². The summed E-state index contributed by atoms with van der Waals surface area (Å²) >= 11 is 0. The quantitative estimate of drug-likeness (QED) is 0.639. The van der Waals surface area contributed by atoms with Crippen LogP contribution in [0.3, 0.4) is 0 Å². The topological polar surface area (TPSA) is 105 Å². The summed E-state index contributed by atoms with van der Waals surface area (Å²) in [6, 6.07) is 13.3. The van der Waals surface area contributed by atoms with Crippen LogP contribution in [0, 0.1) is 21.4 Å². The number of nitrogens with zero attached hydrogens (tertiary/aromatic N) is 5. The highest BCUT2D eigenvalue weighted by Gasteiger charge is 2.41. The van der Waals surface area contributed by atoms with Gasteiger partial charge in [0, 0.05) is 24.8 Å². The second kappa shape index (κ2) is 5.33. The van der Waals surface area contributed by atoms with Gasteiger partial charge >= 0.3 is 0 Å². The van der Waals surface area contributed by atoms with Crippen LogP contribution in [-0.2, 0) is 5.54 Å². The minimum Gasteiger partial charge on any atom is -0.259 e. The van der Waals surface area contributed by atoms with Crippen molar-refractivity contribution in [3.05, 3.63) is 70.0 Å². The van der Waals surface area contributed by atoms with Crippen molar-refractivity contribution >= 4 is 5.69 Å². The lowest BCUT2D eigenvalue weighted by molar-refractivity contribution is -0.384. The lowest BCUT2D eigenvalue weighted by atomic mass is 9.86. The van der Waals surface area contributed by atoms with Crippen molar-refractivity contribution in [3.8, 4) is 6.07 Å². The van der Waals surface area contributed by atoms with E-state index in [4.69, 9.17) is 0 Å². The van der Waals surface area contributed by atoms with Crippen LogP contribution in [0.4, 0.5) is 5.69 Å². The first-order chi connectivity index (χ1) is 10.6. The molecule has 2 atom stereocenters. The third kappa shape index (κ3) is 2.31. The van der Waals surface area contributed by atoms with Gasteiger partial charge in [-0.1, -0.05) is 6.07 Å². The Morgan fingerprint density at radius 3 is 2.64 bits per heavy atom. The molecule has 0 aliphatic carbocycles. The van der Waals surface area contributed by atoms with E-state index >= 15 is 0 Å². The summed E-state index contributed by atoms with van der Waals surface area (Å²) in [5.41, 5.74) is 0.221. The molecule has 7 nitrogen and oxygen atoms in total. The van der Waals surface area contributed by atoms with Crippen molar-refractivity contribution < 1.29 is 4.92 Å². The number of rotatable bonds is 3. The zero-order chi connectivity index (χ0) is 15.6. The van der Waals surface area contributed by atoms with E-state index in [0.717, 1.165) is 5.69 Å². The summed E-state index contributed by atoms with van der Waals surface area (Å²) < 4.78 is 0. The minimum atomic E-state index is -1.11. The molecule has 0 spiro atoms. The highest BCUT2D eigenvalue weighted by molar-refractivity contribution is 5.40. The van der Waals surface area contributed by atoms with E-state index in [9.17, 15) is 15.4 Å². The molecule has 1 aliphatic rings. The lowest BCUT2D eigenvalue weighted by Gasteiger charge is -2.17. The predicted octanol–water partition coefficient (Wildman–Crippen LogP) is 3.31. The van der Waals surface area contributed by atoms with Crippen LogP contribution in [0.25, 0.3) is 0 Å². The fourth-order valence-corrected chi connectivity index (χ4v) is 2.43. The number of non-ortho nitro benzene ring substituents is 1. The zero-order valence-corrected chi connectivity index (χ0v) is 11.5. The van der Waals surface area contributed by atoms with Crippen molar-refractivity contribution in [2.45, 2.75) is 18.0 Å². The summed E-state index contributed by atoms with van der Waals surface area (Å²) in [4.78, 5) is 14.5. The first-order valence-corrected chi connectivity index (χ1v) is 6.64. The maximum absolute atomic E-state index is 10.7. The molecule has 3 rings (SSSR count). The average molecular weight is 293 g/mol. The molecule has 2 aromatic rings. The van der Waals surface area contributed by atoms with E-state index in [0.29, 0.717) is 12.0 Å². The van der Waals surface area contributed by atoms with E-state index in [1.165, 1.54) is 12.1 Å². The molecular formula is C15H11N5O2. The summed E-state index contributed by atoms with van der Waals surface area (Å²) in [5, 5.41) is 28.6. The maximum Gasteiger partial charge on any atom is 0.269 e. The van der Waals surface area contributed by atoms with Crippen molar-refractivity contribution in [3.63, 3.8) is 0 Å². The highest BCUT2D eigenvalue weighted by atomic mass is 16.6. The second-order valence-electron chi connectivity index (χ2n) is 4.97. The molecule has 7 heteroatoms. The predicted molar refractivity (Wildman–Crippen MR) is 76.8 cm³/mol. The van der Waals surface area contributed by atoms with E-state index in [1.807, 2.05) is 18.2 Å². The Balaban J connectivity index is 1.90. The fraction of sp³-hybridized carbons (Fsp3) is 0.200. The number of nitriles is 1. The molecule has 0 bridgehead atoms. The lowest BCUT2D eigenvalue weighted by Crippen LogP contribution is -2.19. The molecule has 1 aromatic carbocycles. The molecule has 2 heterocycles. The molecule has 0 saturated carbocycles. The molecular weight excluding hydrogens is 282 g/mol. The normalized spacial score (nSPS) is 23.1. The van der Waals surface area contributed by atoms with Crippen molar-refractivity contribution in [2.75, 3.05) is 0 Å². The first-order valence-electron chi connectivity index (χ1n) is 6.64. The summed E-state index contributed by atoms with van der Waals surface area (Å²) in [7, 11) is 0. The highest BCUT2D eigenvalue weighted by Crippen LogP contribution is 2.43. The van der Waals surface area contributed by atoms with E-state index in [1.54, 1.807) is 18.3 Å². The largest absolute Gasteiger partial charge is 0.269 e. The SMILES string of the molecule is N#CC1(c2ccc([N+](=O)[O-])cc2)CC(c2ccccn2)N=N1. The second-order valence-corrected chi connectivity index (χ2v) is 4.97. The number of aromatic nitrogens is 1. The Kier molecular flexibility index (Phi) is 3.35. The Labute approximate surface area is 126 Å². The minimum absolute atomic E-state index is 0.0203. The van der Waals surface area contributed by atoms with Gasteiger partial charge in [0.2, 0.25) is 0 Å².